The van der Waals surface area contributed by atoms with E-state index in [2.05, 4.69) is 0 Å². The first-order valence-electron chi connectivity index (χ1n) is 8.22. The van der Waals surface area contributed by atoms with E-state index in [0.29, 0.717) is 20.5 Å². The predicted molar refractivity (Wildman–Crippen MR) is 114 cm³/mol. The molecular formula is C21H17NO3S2. The Labute approximate surface area is 167 Å². The Hall–Kier alpha value is -2.70. The molecule has 0 saturated carbocycles. The first-order chi connectivity index (χ1) is 12.9. The van der Waals surface area contributed by atoms with Gasteiger partial charge in [-0.25, -0.2) is 4.79 Å². The molecule has 0 atom stereocenters. The number of thiocarbonyl (C=S) groups is 1. The number of rotatable bonds is 4. The number of carbonyl (C=O) groups excluding carboxylic acids is 1. The summed E-state index contributed by atoms with van der Waals surface area (Å²) in [5.74, 6) is -1.28. The molecular weight excluding hydrogens is 378 g/mol. The van der Waals surface area contributed by atoms with Gasteiger partial charge in [-0.05, 0) is 48.8 Å². The molecule has 4 nitrogen and oxygen atoms in total. The van der Waals surface area contributed by atoms with Crippen molar-refractivity contribution in [3.8, 4) is 0 Å². The van der Waals surface area contributed by atoms with Crippen LogP contribution in [0.5, 0.6) is 0 Å². The van der Waals surface area contributed by atoms with Gasteiger partial charge in [0.15, 0.2) is 4.32 Å². The molecule has 0 unspecified atom stereocenters. The van der Waals surface area contributed by atoms with Gasteiger partial charge in [-0.3, -0.25) is 9.69 Å². The summed E-state index contributed by atoms with van der Waals surface area (Å²) in [4.78, 5) is 26.1. The number of hydrogen-bond donors (Lipinski definition) is 1. The lowest BCUT2D eigenvalue weighted by atomic mass is 10.1. The maximum Gasteiger partial charge on any atom is 0.336 e. The lowest BCUT2D eigenvalue weighted by Gasteiger charge is -2.15. The highest BCUT2D eigenvalue weighted by Gasteiger charge is 2.33. The van der Waals surface area contributed by atoms with Crippen molar-refractivity contribution in [3.05, 3.63) is 81.8 Å². The van der Waals surface area contributed by atoms with Crippen molar-refractivity contribution in [1.29, 1.82) is 0 Å². The zero-order valence-electron chi connectivity index (χ0n) is 14.8. The molecule has 1 aliphatic heterocycles. The average Bonchev–Trinajstić information content (AvgIpc) is 2.89. The van der Waals surface area contributed by atoms with Gasteiger partial charge < -0.3 is 5.11 Å². The van der Waals surface area contributed by atoms with E-state index >= 15 is 0 Å². The first kappa shape index (κ1) is 19.1. The number of nitrogens with zero attached hydrogens (tertiary/aromatic N) is 1. The molecule has 1 aliphatic rings. The lowest BCUT2D eigenvalue weighted by Crippen LogP contribution is -2.27. The van der Waals surface area contributed by atoms with Gasteiger partial charge in [-0.2, -0.15) is 0 Å². The van der Waals surface area contributed by atoms with Crippen molar-refractivity contribution in [3.63, 3.8) is 0 Å². The number of aromatic carboxylic acids is 1. The molecule has 2 aromatic rings. The molecule has 0 aliphatic carbocycles. The molecule has 3 rings (SSSR count). The number of carboxylic acids is 1. The van der Waals surface area contributed by atoms with Crippen LogP contribution < -0.4 is 4.90 Å². The van der Waals surface area contributed by atoms with Crippen LogP contribution in [0.15, 0.2) is 65.1 Å². The molecule has 1 fully saturated rings. The minimum Gasteiger partial charge on any atom is -0.478 e. The second kappa shape index (κ2) is 7.90. The topological polar surface area (TPSA) is 57.6 Å². The average molecular weight is 396 g/mol. The largest absolute Gasteiger partial charge is 0.478 e. The van der Waals surface area contributed by atoms with Crippen LogP contribution >= 0.6 is 24.0 Å². The van der Waals surface area contributed by atoms with Crippen LogP contribution in [0.1, 0.15) is 28.4 Å². The van der Waals surface area contributed by atoms with Gasteiger partial charge in [0.1, 0.15) is 0 Å². The third-order valence-electron chi connectivity index (χ3n) is 4.06. The standard InChI is InChI=1S/C21H17NO3S2/c1-13(10-15-6-4-3-5-7-15)11-18-19(23)22(21(26)27-18)16-9-8-14(2)17(12-16)20(24)25/h3-12H,1-2H3,(H,24,25). The molecule has 27 heavy (non-hydrogen) atoms. The fraction of sp³-hybridized carbons (Fsp3) is 0.0952. The molecule has 0 bridgehead atoms. The van der Waals surface area contributed by atoms with E-state index in [1.807, 2.05) is 43.3 Å². The highest BCUT2D eigenvalue weighted by atomic mass is 32.2. The zero-order valence-corrected chi connectivity index (χ0v) is 16.4. The fourth-order valence-corrected chi connectivity index (χ4v) is 4.08. The van der Waals surface area contributed by atoms with Crippen LogP contribution in [0.3, 0.4) is 0 Å². The molecule has 1 saturated heterocycles. The molecule has 1 heterocycles. The fourth-order valence-electron chi connectivity index (χ4n) is 2.73. The summed E-state index contributed by atoms with van der Waals surface area (Å²) in [5, 5.41) is 9.32. The van der Waals surface area contributed by atoms with E-state index in [1.54, 1.807) is 25.1 Å². The Kier molecular flexibility index (Phi) is 5.58. The summed E-state index contributed by atoms with van der Waals surface area (Å²) >= 11 is 6.58. The number of thioether (sulfide) groups is 1. The highest BCUT2D eigenvalue weighted by molar-refractivity contribution is 8.27. The normalized spacial score (nSPS) is 16.3. The van der Waals surface area contributed by atoms with Crippen molar-refractivity contribution in [1.82, 2.24) is 0 Å². The van der Waals surface area contributed by atoms with Crippen molar-refractivity contribution >= 4 is 51.9 Å². The summed E-state index contributed by atoms with van der Waals surface area (Å²) in [6.07, 6.45) is 3.79. The van der Waals surface area contributed by atoms with E-state index in [0.717, 1.165) is 11.1 Å². The number of amides is 1. The maximum absolute atomic E-state index is 12.8. The monoisotopic (exact) mass is 395 g/mol. The summed E-state index contributed by atoms with van der Waals surface area (Å²) in [6, 6.07) is 14.7. The first-order valence-corrected chi connectivity index (χ1v) is 9.44. The van der Waals surface area contributed by atoms with Gasteiger partial charge in [0.25, 0.3) is 5.91 Å². The summed E-state index contributed by atoms with van der Waals surface area (Å²) < 4.78 is 0.388. The third kappa shape index (κ3) is 4.18. The highest BCUT2D eigenvalue weighted by Crippen LogP contribution is 2.36. The van der Waals surface area contributed by atoms with Gasteiger partial charge in [0, 0.05) is 0 Å². The van der Waals surface area contributed by atoms with Gasteiger partial charge in [-0.1, -0.05) is 66.5 Å². The molecule has 0 spiro atoms. The quantitative estimate of drug-likeness (QED) is 0.580. The number of aryl methyl sites for hydroxylation is 1. The SMILES string of the molecule is CC(=Cc1ccccc1)C=C1SC(=S)N(c2ccc(C)c(C(=O)O)c2)C1=O. The minimum absolute atomic E-state index is 0.158. The Bertz CT molecular complexity index is 994. The smallest absolute Gasteiger partial charge is 0.336 e. The van der Waals surface area contributed by atoms with Gasteiger partial charge in [0.05, 0.1) is 16.2 Å². The molecule has 1 amide bonds. The number of carboxylic acid groups (broad SMARTS) is 1. The molecule has 0 aromatic heterocycles. The number of benzene rings is 2. The number of hydrogen-bond acceptors (Lipinski definition) is 4. The van der Waals surface area contributed by atoms with E-state index in [4.69, 9.17) is 12.2 Å². The van der Waals surface area contributed by atoms with Crippen LogP contribution in [0.25, 0.3) is 6.08 Å². The van der Waals surface area contributed by atoms with Crippen LogP contribution in [0.4, 0.5) is 5.69 Å². The maximum atomic E-state index is 12.8. The Morgan fingerprint density at radius 3 is 2.56 bits per heavy atom. The Balaban J connectivity index is 1.90. The van der Waals surface area contributed by atoms with E-state index in [1.165, 1.54) is 22.7 Å². The van der Waals surface area contributed by atoms with Gasteiger partial charge in [0.2, 0.25) is 0 Å². The molecule has 136 valence electrons. The van der Waals surface area contributed by atoms with Gasteiger partial charge >= 0.3 is 5.97 Å². The van der Waals surface area contributed by atoms with Crippen LogP contribution in [0, 0.1) is 6.92 Å². The predicted octanol–water partition coefficient (Wildman–Crippen LogP) is 5.05. The number of carbonyl (C=O) groups is 2. The van der Waals surface area contributed by atoms with Gasteiger partial charge in [-0.15, -0.1) is 0 Å². The van der Waals surface area contributed by atoms with Crippen molar-refractivity contribution in [2.24, 2.45) is 0 Å². The zero-order chi connectivity index (χ0) is 19.6. The van der Waals surface area contributed by atoms with E-state index in [-0.39, 0.29) is 11.5 Å². The lowest BCUT2D eigenvalue weighted by molar-refractivity contribution is -0.113. The van der Waals surface area contributed by atoms with Crippen molar-refractivity contribution in [2.45, 2.75) is 13.8 Å². The molecule has 1 N–H and O–H groups in total. The molecule has 6 heteroatoms. The third-order valence-corrected chi connectivity index (χ3v) is 5.36. The Morgan fingerprint density at radius 1 is 1.19 bits per heavy atom. The summed E-state index contributed by atoms with van der Waals surface area (Å²) in [7, 11) is 0. The number of allylic oxidation sites excluding steroid dienone is 2. The second-order valence-electron chi connectivity index (χ2n) is 6.12. The van der Waals surface area contributed by atoms with Crippen molar-refractivity contribution in [2.75, 3.05) is 4.90 Å². The molecule has 0 radical (unpaired) electrons. The van der Waals surface area contributed by atoms with Crippen LogP contribution in [-0.4, -0.2) is 21.3 Å². The molecule has 2 aromatic carbocycles. The van der Waals surface area contributed by atoms with E-state index < -0.39 is 5.97 Å². The minimum atomic E-state index is -1.03. The van der Waals surface area contributed by atoms with Crippen LogP contribution in [-0.2, 0) is 4.79 Å². The number of anilines is 1. The summed E-state index contributed by atoms with van der Waals surface area (Å²) in [6.45, 7) is 3.64. The van der Waals surface area contributed by atoms with Crippen LogP contribution in [0.2, 0.25) is 0 Å². The van der Waals surface area contributed by atoms with E-state index in [9.17, 15) is 14.7 Å². The summed E-state index contributed by atoms with van der Waals surface area (Å²) in [5.41, 5.74) is 3.23. The Morgan fingerprint density at radius 2 is 1.89 bits per heavy atom. The van der Waals surface area contributed by atoms with Crippen molar-refractivity contribution < 1.29 is 14.7 Å². The second-order valence-corrected chi connectivity index (χ2v) is 7.80.